The van der Waals surface area contributed by atoms with E-state index in [1.807, 2.05) is 0 Å². The number of methoxy groups -OCH3 is 2. The van der Waals surface area contributed by atoms with Gasteiger partial charge in [0.25, 0.3) is 15.7 Å². The van der Waals surface area contributed by atoms with Crippen LogP contribution in [0.1, 0.15) is 0 Å². The van der Waals surface area contributed by atoms with Gasteiger partial charge in [0, 0.05) is 12.1 Å². The van der Waals surface area contributed by atoms with Gasteiger partial charge in [-0.25, -0.2) is 8.42 Å². The maximum Gasteiger partial charge on any atom is 0.289 e. The number of hydrogen-bond acceptors (Lipinski definition) is 6. The summed E-state index contributed by atoms with van der Waals surface area (Å²) in [6, 6.07) is 9.63. The van der Waals surface area contributed by atoms with E-state index in [0.717, 1.165) is 12.1 Å². The number of nitrogens with zero attached hydrogens (tertiary/aromatic N) is 1. The summed E-state index contributed by atoms with van der Waals surface area (Å²) in [7, 11) is -1.36. The molecule has 0 aromatic heterocycles. The molecule has 2 aromatic carbocycles. The van der Waals surface area contributed by atoms with E-state index in [1.54, 1.807) is 6.07 Å². The number of sulfonamides is 1. The molecule has 2 aromatic rings. The minimum Gasteiger partial charge on any atom is -0.497 e. The van der Waals surface area contributed by atoms with Crippen molar-refractivity contribution in [1.29, 1.82) is 0 Å². The monoisotopic (exact) mass is 338 g/mol. The Morgan fingerprint density at radius 1 is 1.09 bits per heavy atom. The van der Waals surface area contributed by atoms with Gasteiger partial charge >= 0.3 is 0 Å². The molecule has 0 saturated carbocycles. The molecular weight excluding hydrogens is 324 g/mol. The first-order valence-corrected chi connectivity index (χ1v) is 7.85. The smallest absolute Gasteiger partial charge is 0.289 e. The van der Waals surface area contributed by atoms with E-state index in [0.29, 0.717) is 5.75 Å². The predicted octanol–water partition coefficient (Wildman–Crippen LogP) is 2.41. The maximum absolute atomic E-state index is 12.5. The molecule has 2 rings (SSSR count). The lowest BCUT2D eigenvalue weighted by Gasteiger charge is -2.13. The Kier molecular flexibility index (Phi) is 4.70. The van der Waals surface area contributed by atoms with Crippen LogP contribution in [0.4, 0.5) is 11.4 Å². The van der Waals surface area contributed by atoms with Crippen LogP contribution in [0.2, 0.25) is 0 Å². The summed E-state index contributed by atoms with van der Waals surface area (Å²) in [5, 5.41) is 11.0. The minimum absolute atomic E-state index is 0.116. The Labute approximate surface area is 132 Å². The second-order valence-electron chi connectivity index (χ2n) is 4.40. The van der Waals surface area contributed by atoms with Crippen LogP contribution in [0.3, 0.4) is 0 Å². The zero-order valence-corrected chi connectivity index (χ0v) is 13.2. The normalized spacial score (nSPS) is 10.9. The van der Waals surface area contributed by atoms with Crippen molar-refractivity contribution in [3.05, 3.63) is 52.6 Å². The van der Waals surface area contributed by atoms with Gasteiger partial charge in [0.2, 0.25) is 0 Å². The SMILES string of the molecule is COc1ccc(OC)c(NS(=O)(=O)c2ccccc2[N+](=O)[O-])c1. The number of nitro benzene ring substituents is 1. The summed E-state index contributed by atoms with van der Waals surface area (Å²) in [6.45, 7) is 0. The third-order valence-electron chi connectivity index (χ3n) is 3.00. The number of ether oxygens (including phenoxy) is 2. The van der Waals surface area contributed by atoms with Crippen molar-refractivity contribution in [2.75, 3.05) is 18.9 Å². The van der Waals surface area contributed by atoms with Crippen molar-refractivity contribution in [2.24, 2.45) is 0 Å². The number of hydrogen-bond donors (Lipinski definition) is 1. The number of nitrogens with one attached hydrogen (secondary N) is 1. The lowest BCUT2D eigenvalue weighted by atomic mass is 10.3. The van der Waals surface area contributed by atoms with Gasteiger partial charge in [0.05, 0.1) is 24.8 Å². The van der Waals surface area contributed by atoms with Crippen molar-refractivity contribution >= 4 is 21.4 Å². The van der Waals surface area contributed by atoms with Gasteiger partial charge in [0.1, 0.15) is 11.5 Å². The zero-order chi connectivity index (χ0) is 17.0. The molecule has 23 heavy (non-hydrogen) atoms. The zero-order valence-electron chi connectivity index (χ0n) is 12.3. The Bertz CT molecular complexity index is 835. The predicted molar refractivity (Wildman–Crippen MR) is 83.5 cm³/mol. The van der Waals surface area contributed by atoms with Crippen LogP contribution in [0, 0.1) is 10.1 Å². The molecule has 122 valence electrons. The van der Waals surface area contributed by atoms with E-state index < -0.39 is 25.5 Å². The fourth-order valence-electron chi connectivity index (χ4n) is 1.93. The molecule has 0 atom stereocenters. The van der Waals surface area contributed by atoms with Gasteiger partial charge in [-0.2, -0.15) is 0 Å². The van der Waals surface area contributed by atoms with Crippen LogP contribution in [0.5, 0.6) is 11.5 Å². The summed E-state index contributed by atoms with van der Waals surface area (Å²) in [5.74, 6) is 0.666. The van der Waals surface area contributed by atoms with E-state index >= 15 is 0 Å². The Balaban J connectivity index is 2.49. The molecule has 0 saturated heterocycles. The molecule has 1 N–H and O–H groups in total. The van der Waals surface area contributed by atoms with Crippen LogP contribution >= 0.6 is 0 Å². The molecular formula is C14H14N2O6S. The molecule has 0 fully saturated rings. The van der Waals surface area contributed by atoms with Gasteiger partial charge in [-0.15, -0.1) is 0 Å². The van der Waals surface area contributed by atoms with Gasteiger partial charge in [-0.05, 0) is 18.2 Å². The van der Waals surface area contributed by atoms with E-state index in [2.05, 4.69) is 4.72 Å². The van der Waals surface area contributed by atoms with Crippen molar-refractivity contribution in [2.45, 2.75) is 4.90 Å². The third-order valence-corrected chi connectivity index (χ3v) is 4.42. The molecule has 0 spiro atoms. The summed E-state index contributed by atoms with van der Waals surface area (Å²) < 4.78 is 37.4. The number of benzene rings is 2. The molecule has 0 aliphatic carbocycles. The quantitative estimate of drug-likeness (QED) is 0.640. The summed E-state index contributed by atoms with van der Waals surface area (Å²) >= 11 is 0. The highest BCUT2D eigenvalue weighted by Gasteiger charge is 2.26. The first-order chi connectivity index (χ1) is 10.9. The first-order valence-electron chi connectivity index (χ1n) is 6.37. The van der Waals surface area contributed by atoms with Crippen molar-refractivity contribution in [3.63, 3.8) is 0 Å². The van der Waals surface area contributed by atoms with E-state index in [-0.39, 0.29) is 11.4 Å². The van der Waals surface area contributed by atoms with Crippen LogP contribution < -0.4 is 14.2 Å². The standard InChI is InChI=1S/C14H14N2O6S/c1-21-10-7-8-13(22-2)11(9-10)15-23(19,20)14-6-4-3-5-12(14)16(17)18/h3-9,15H,1-2H3. The highest BCUT2D eigenvalue weighted by atomic mass is 32.2. The highest BCUT2D eigenvalue weighted by Crippen LogP contribution is 2.32. The van der Waals surface area contributed by atoms with Crippen molar-refractivity contribution in [3.8, 4) is 11.5 Å². The molecule has 0 bridgehead atoms. The fourth-order valence-corrected chi connectivity index (χ4v) is 3.16. The largest absolute Gasteiger partial charge is 0.497 e. The van der Waals surface area contributed by atoms with Crippen LogP contribution in [-0.2, 0) is 10.0 Å². The van der Waals surface area contributed by atoms with Crippen LogP contribution in [0.25, 0.3) is 0 Å². The molecule has 0 amide bonds. The summed E-state index contributed by atoms with van der Waals surface area (Å²) in [5.41, 5.74) is -0.396. The minimum atomic E-state index is -4.17. The van der Waals surface area contributed by atoms with Crippen molar-refractivity contribution in [1.82, 2.24) is 0 Å². The van der Waals surface area contributed by atoms with Crippen molar-refractivity contribution < 1.29 is 22.8 Å². The van der Waals surface area contributed by atoms with Gasteiger partial charge in [0.15, 0.2) is 4.90 Å². The van der Waals surface area contributed by atoms with Crippen LogP contribution in [-0.4, -0.2) is 27.6 Å². The Morgan fingerprint density at radius 3 is 2.39 bits per heavy atom. The lowest BCUT2D eigenvalue weighted by molar-refractivity contribution is -0.387. The Morgan fingerprint density at radius 2 is 1.78 bits per heavy atom. The van der Waals surface area contributed by atoms with Gasteiger partial charge < -0.3 is 9.47 Å². The van der Waals surface area contributed by atoms with Crippen LogP contribution in [0.15, 0.2) is 47.4 Å². The fraction of sp³-hybridized carbons (Fsp3) is 0.143. The molecule has 8 nitrogen and oxygen atoms in total. The molecule has 0 aliphatic heterocycles. The Hall–Kier alpha value is -2.81. The first kappa shape index (κ1) is 16.6. The second-order valence-corrected chi connectivity index (χ2v) is 6.05. The summed E-state index contributed by atoms with van der Waals surface area (Å²) in [6.07, 6.45) is 0. The molecule has 0 unspecified atom stereocenters. The number of nitro groups is 1. The van der Waals surface area contributed by atoms with Gasteiger partial charge in [-0.1, -0.05) is 12.1 Å². The summed E-state index contributed by atoms with van der Waals surface area (Å²) in [4.78, 5) is 9.83. The second kappa shape index (κ2) is 6.53. The topological polar surface area (TPSA) is 108 Å². The third kappa shape index (κ3) is 3.51. The lowest BCUT2D eigenvalue weighted by Crippen LogP contribution is -2.15. The highest BCUT2D eigenvalue weighted by molar-refractivity contribution is 7.92. The average Bonchev–Trinajstić information content (AvgIpc) is 2.54. The number of anilines is 1. The average molecular weight is 338 g/mol. The number of rotatable bonds is 6. The molecule has 0 aliphatic rings. The van der Waals surface area contributed by atoms with E-state index in [9.17, 15) is 18.5 Å². The molecule has 9 heteroatoms. The van der Waals surface area contributed by atoms with E-state index in [1.165, 1.54) is 38.5 Å². The molecule has 0 heterocycles. The molecule has 0 radical (unpaired) electrons. The number of para-hydroxylation sites is 1. The maximum atomic E-state index is 12.5. The van der Waals surface area contributed by atoms with E-state index in [4.69, 9.17) is 9.47 Å². The van der Waals surface area contributed by atoms with Gasteiger partial charge in [-0.3, -0.25) is 14.8 Å².